The van der Waals surface area contributed by atoms with Gasteiger partial charge in [-0.2, -0.15) is 0 Å². The summed E-state index contributed by atoms with van der Waals surface area (Å²) in [5, 5.41) is 0.544. The van der Waals surface area contributed by atoms with Crippen molar-refractivity contribution < 1.29 is 4.39 Å². The highest BCUT2D eigenvalue weighted by atomic mass is 19.1. The average molecular weight is 356 g/mol. The zero-order chi connectivity index (χ0) is 18.8. The Kier molecular flexibility index (Phi) is 4.38. The molecule has 3 nitrogen and oxygen atoms in total. The molecule has 0 saturated carbocycles. The summed E-state index contributed by atoms with van der Waals surface area (Å²) in [7, 11) is 0. The number of benzene rings is 3. The largest absolute Gasteiger partial charge is 0.268 e. The molecule has 0 unspecified atom stereocenters. The summed E-state index contributed by atoms with van der Waals surface area (Å²) in [6.45, 7) is 1.97. The van der Waals surface area contributed by atoms with Crippen molar-refractivity contribution in [2.24, 2.45) is 0 Å². The molecule has 4 rings (SSSR count). The van der Waals surface area contributed by atoms with E-state index >= 15 is 0 Å². The van der Waals surface area contributed by atoms with Crippen LogP contribution in [-0.4, -0.2) is 9.55 Å². The Labute approximate surface area is 156 Å². The van der Waals surface area contributed by atoms with Gasteiger partial charge in [-0.25, -0.2) is 9.37 Å². The summed E-state index contributed by atoms with van der Waals surface area (Å²) in [4.78, 5) is 17.8. The maximum absolute atomic E-state index is 14.0. The van der Waals surface area contributed by atoms with E-state index in [-0.39, 0.29) is 11.4 Å². The van der Waals surface area contributed by atoms with Crippen molar-refractivity contribution in [1.29, 1.82) is 0 Å². The maximum atomic E-state index is 14.0. The fraction of sp³-hybridized carbons (Fsp3) is 0.0435. The van der Waals surface area contributed by atoms with Crippen molar-refractivity contribution in [2.75, 3.05) is 0 Å². The minimum absolute atomic E-state index is 0.153. The third-order valence-corrected chi connectivity index (χ3v) is 4.38. The summed E-state index contributed by atoms with van der Waals surface area (Å²) in [5.41, 5.74) is 2.66. The highest BCUT2D eigenvalue weighted by Crippen LogP contribution is 2.17. The van der Waals surface area contributed by atoms with Crippen molar-refractivity contribution in [1.82, 2.24) is 9.55 Å². The van der Waals surface area contributed by atoms with E-state index in [1.807, 2.05) is 43.3 Å². The summed E-state index contributed by atoms with van der Waals surface area (Å²) in [6, 6.07) is 21.4. The quantitative estimate of drug-likeness (QED) is 0.517. The minimum atomic E-state index is -0.320. The van der Waals surface area contributed by atoms with Gasteiger partial charge in [0.05, 0.1) is 16.6 Å². The Morgan fingerprint density at radius 3 is 2.52 bits per heavy atom. The van der Waals surface area contributed by atoms with Gasteiger partial charge < -0.3 is 0 Å². The molecule has 0 aliphatic carbocycles. The SMILES string of the molecule is Cc1cccc(-n2c(/C=C/c3ccccc3F)nc3ccccc3c2=O)c1. The topological polar surface area (TPSA) is 34.9 Å². The Hall–Kier alpha value is -3.53. The van der Waals surface area contributed by atoms with Crippen LogP contribution < -0.4 is 5.56 Å². The van der Waals surface area contributed by atoms with E-state index < -0.39 is 0 Å². The van der Waals surface area contributed by atoms with Crippen molar-refractivity contribution >= 4 is 23.1 Å². The van der Waals surface area contributed by atoms with E-state index in [1.54, 1.807) is 47.1 Å². The van der Waals surface area contributed by atoms with E-state index in [0.29, 0.717) is 22.3 Å². The maximum Gasteiger partial charge on any atom is 0.266 e. The highest BCUT2D eigenvalue weighted by molar-refractivity contribution is 5.80. The first kappa shape index (κ1) is 16.9. The standard InChI is InChI=1S/C23H17FN2O/c1-16-7-6-9-18(15-16)26-22(14-13-17-8-2-4-11-20(17)24)25-21-12-5-3-10-19(21)23(26)27/h2-15H,1H3/b14-13+. The van der Waals surface area contributed by atoms with Gasteiger partial charge in [0.15, 0.2) is 0 Å². The van der Waals surface area contributed by atoms with Gasteiger partial charge in [-0.3, -0.25) is 9.36 Å². The number of hydrogen-bond donors (Lipinski definition) is 0. The minimum Gasteiger partial charge on any atom is -0.268 e. The molecule has 0 spiro atoms. The van der Waals surface area contributed by atoms with Crippen molar-refractivity contribution in [3.8, 4) is 5.69 Å². The van der Waals surface area contributed by atoms with Gasteiger partial charge in [0.2, 0.25) is 0 Å². The van der Waals surface area contributed by atoms with Crippen molar-refractivity contribution in [2.45, 2.75) is 6.92 Å². The first-order chi connectivity index (χ1) is 13.1. The molecule has 0 aliphatic heterocycles. The zero-order valence-corrected chi connectivity index (χ0v) is 14.8. The lowest BCUT2D eigenvalue weighted by Gasteiger charge is -2.12. The van der Waals surface area contributed by atoms with E-state index in [2.05, 4.69) is 4.98 Å². The predicted molar refractivity (Wildman–Crippen MR) is 107 cm³/mol. The first-order valence-electron chi connectivity index (χ1n) is 8.65. The molecule has 1 aromatic heterocycles. The van der Waals surface area contributed by atoms with Crippen molar-refractivity contribution in [3.05, 3.63) is 106 Å². The molecular weight excluding hydrogens is 339 g/mol. The van der Waals surface area contributed by atoms with Gasteiger partial charge in [-0.1, -0.05) is 42.5 Å². The molecular formula is C23H17FN2O. The van der Waals surface area contributed by atoms with Gasteiger partial charge in [0.25, 0.3) is 5.56 Å². The molecule has 0 atom stereocenters. The third kappa shape index (κ3) is 3.29. The molecule has 0 N–H and O–H groups in total. The summed E-state index contributed by atoms with van der Waals surface area (Å²) in [6.07, 6.45) is 3.31. The normalized spacial score (nSPS) is 11.3. The van der Waals surface area contributed by atoms with Crippen molar-refractivity contribution in [3.63, 3.8) is 0 Å². The molecule has 0 fully saturated rings. The second kappa shape index (κ2) is 7.00. The van der Waals surface area contributed by atoms with Crippen LogP contribution in [0.3, 0.4) is 0 Å². The molecule has 132 valence electrons. The van der Waals surface area contributed by atoms with Crippen LogP contribution in [0.5, 0.6) is 0 Å². The van der Waals surface area contributed by atoms with Gasteiger partial charge in [0, 0.05) is 5.56 Å². The molecule has 1 heterocycles. The highest BCUT2D eigenvalue weighted by Gasteiger charge is 2.11. The van der Waals surface area contributed by atoms with E-state index in [9.17, 15) is 9.18 Å². The smallest absolute Gasteiger partial charge is 0.266 e. The number of aromatic nitrogens is 2. The van der Waals surface area contributed by atoms with Gasteiger partial charge >= 0.3 is 0 Å². The second-order valence-corrected chi connectivity index (χ2v) is 6.32. The van der Waals surface area contributed by atoms with Crippen LogP contribution in [0, 0.1) is 12.7 Å². The number of rotatable bonds is 3. The van der Waals surface area contributed by atoms with Crippen LogP contribution in [0.15, 0.2) is 77.6 Å². The lowest BCUT2D eigenvalue weighted by molar-refractivity contribution is 0.625. The number of fused-ring (bicyclic) bond motifs is 1. The lowest BCUT2D eigenvalue weighted by Crippen LogP contribution is -2.22. The second-order valence-electron chi connectivity index (χ2n) is 6.32. The summed E-state index contributed by atoms with van der Waals surface area (Å²) in [5.74, 6) is 0.131. The monoisotopic (exact) mass is 356 g/mol. The van der Waals surface area contributed by atoms with Crippen LogP contribution in [0.1, 0.15) is 17.0 Å². The number of nitrogens with zero attached hydrogens (tertiary/aromatic N) is 2. The fourth-order valence-electron chi connectivity index (χ4n) is 3.05. The third-order valence-electron chi connectivity index (χ3n) is 4.38. The van der Waals surface area contributed by atoms with E-state index in [0.717, 1.165) is 11.3 Å². The Bertz CT molecular complexity index is 1220. The molecule has 27 heavy (non-hydrogen) atoms. The number of para-hydroxylation sites is 1. The Morgan fingerprint density at radius 1 is 0.926 bits per heavy atom. The molecule has 0 amide bonds. The number of aryl methyl sites for hydroxylation is 1. The van der Waals surface area contributed by atoms with Crippen LogP contribution in [0.2, 0.25) is 0 Å². The average Bonchev–Trinajstić information content (AvgIpc) is 2.67. The molecule has 4 heteroatoms. The fourth-order valence-corrected chi connectivity index (χ4v) is 3.05. The molecule has 0 radical (unpaired) electrons. The zero-order valence-electron chi connectivity index (χ0n) is 14.8. The van der Waals surface area contributed by atoms with Crippen LogP contribution in [0.25, 0.3) is 28.7 Å². The molecule has 0 bridgehead atoms. The van der Waals surface area contributed by atoms with Gasteiger partial charge in [-0.05, 0) is 55.0 Å². The summed E-state index contributed by atoms with van der Waals surface area (Å²) < 4.78 is 15.5. The lowest BCUT2D eigenvalue weighted by atomic mass is 10.1. The predicted octanol–water partition coefficient (Wildman–Crippen LogP) is 5.00. The van der Waals surface area contributed by atoms with Crippen LogP contribution >= 0.6 is 0 Å². The summed E-state index contributed by atoms with van der Waals surface area (Å²) >= 11 is 0. The van der Waals surface area contributed by atoms with Crippen LogP contribution in [0.4, 0.5) is 4.39 Å². The molecule has 4 aromatic rings. The Morgan fingerprint density at radius 2 is 1.70 bits per heavy atom. The van der Waals surface area contributed by atoms with Crippen LogP contribution in [-0.2, 0) is 0 Å². The number of hydrogen-bond acceptors (Lipinski definition) is 2. The molecule has 0 saturated heterocycles. The van der Waals surface area contributed by atoms with Gasteiger partial charge in [-0.15, -0.1) is 0 Å². The van der Waals surface area contributed by atoms with Gasteiger partial charge in [0.1, 0.15) is 11.6 Å². The first-order valence-corrected chi connectivity index (χ1v) is 8.65. The van der Waals surface area contributed by atoms with E-state index in [4.69, 9.17) is 0 Å². The molecule has 3 aromatic carbocycles. The number of halogens is 1. The Balaban J connectivity index is 1.97. The molecule has 0 aliphatic rings. The van der Waals surface area contributed by atoms with E-state index in [1.165, 1.54) is 6.07 Å².